The van der Waals surface area contributed by atoms with Crippen LogP contribution in [0.2, 0.25) is 5.02 Å². The molecule has 12 heteroatoms. The van der Waals surface area contributed by atoms with Gasteiger partial charge in [0.2, 0.25) is 11.8 Å². The number of hydrogen-bond donors (Lipinski definition) is 2. The van der Waals surface area contributed by atoms with E-state index in [1.54, 1.807) is 12.1 Å². The SMILES string of the molecule is COc1ncc(C(CC(=O)NC[C@H](Cc2ccc(C(N)=O)cc2Cl)N(C)C)C2(C(F)(F)F)CC2)cn1. The van der Waals surface area contributed by atoms with Gasteiger partial charge in [-0.15, -0.1) is 0 Å². The van der Waals surface area contributed by atoms with Crippen molar-refractivity contribution in [3.05, 3.63) is 52.3 Å². The van der Waals surface area contributed by atoms with Gasteiger partial charge in [0.15, 0.2) is 0 Å². The largest absolute Gasteiger partial charge is 0.467 e. The number of carbonyl (C=O) groups excluding carboxylic acids is 2. The third-order valence-corrected chi connectivity index (χ3v) is 7.05. The third kappa shape index (κ3) is 6.25. The van der Waals surface area contributed by atoms with Gasteiger partial charge in [0.25, 0.3) is 0 Å². The Bertz CT molecular complexity index is 1090. The number of nitrogens with zero attached hydrogens (tertiary/aromatic N) is 3. The fourth-order valence-corrected chi connectivity index (χ4v) is 4.51. The predicted octanol–water partition coefficient (Wildman–Crippen LogP) is 3.34. The zero-order valence-corrected chi connectivity index (χ0v) is 21.0. The molecule has 1 aliphatic carbocycles. The molecule has 2 atom stereocenters. The molecular weight excluding hydrogens is 499 g/mol. The number of methoxy groups -OCH3 is 1. The van der Waals surface area contributed by atoms with Crippen LogP contribution in [0, 0.1) is 5.41 Å². The van der Waals surface area contributed by atoms with Gasteiger partial charge < -0.3 is 20.7 Å². The van der Waals surface area contributed by atoms with Crippen LogP contribution >= 0.6 is 11.6 Å². The molecule has 0 aliphatic heterocycles. The van der Waals surface area contributed by atoms with Gasteiger partial charge in [0.05, 0.1) is 12.5 Å². The molecule has 8 nitrogen and oxygen atoms in total. The first-order valence-corrected chi connectivity index (χ1v) is 11.7. The number of likely N-dealkylation sites (N-methyl/N-ethyl adjacent to an activating group) is 1. The summed E-state index contributed by atoms with van der Waals surface area (Å²) in [4.78, 5) is 34.0. The Balaban J connectivity index is 1.71. The Kier molecular flexibility index (Phi) is 8.45. The Morgan fingerprint density at radius 1 is 1.25 bits per heavy atom. The second-order valence-corrected chi connectivity index (χ2v) is 9.62. The number of aromatic nitrogens is 2. The smallest absolute Gasteiger partial charge is 0.395 e. The van der Waals surface area contributed by atoms with E-state index in [9.17, 15) is 22.8 Å². The summed E-state index contributed by atoms with van der Waals surface area (Å²) in [5, 5.41) is 3.14. The quantitative estimate of drug-likeness (QED) is 0.464. The number of rotatable bonds is 11. The maximum Gasteiger partial charge on any atom is 0.395 e. The van der Waals surface area contributed by atoms with Crippen LogP contribution in [0.1, 0.15) is 46.7 Å². The van der Waals surface area contributed by atoms with Gasteiger partial charge in [-0.1, -0.05) is 17.7 Å². The molecule has 3 rings (SSSR count). The highest BCUT2D eigenvalue weighted by molar-refractivity contribution is 6.31. The van der Waals surface area contributed by atoms with Crippen LogP contribution in [0.15, 0.2) is 30.6 Å². The summed E-state index contributed by atoms with van der Waals surface area (Å²) in [6.45, 7) is 0.185. The van der Waals surface area contributed by atoms with Crippen molar-refractivity contribution in [2.24, 2.45) is 11.1 Å². The van der Waals surface area contributed by atoms with Gasteiger partial charge in [-0.2, -0.15) is 13.2 Å². The number of ether oxygens (including phenoxy) is 1. The summed E-state index contributed by atoms with van der Waals surface area (Å²) >= 11 is 6.30. The number of carbonyl (C=O) groups is 2. The van der Waals surface area contributed by atoms with Crippen LogP contribution in [0.25, 0.3) is 0 Å². The predicted molar refractivity (Wildman–Crippen MR) is 128 cm³/mol. The monoisotopic (exact) mass is 527 g/mol. The molecule has 1 fully saturated rings. The van der Waals surface area contributed by atoms with Crippen molar-refractivity contribution in [2.75, 3.05) is 27.7 Å². The molecule has 1 heterocycles. The van der Waals surface area contributed by atoms with E-state index in [0.717, 1.165) is 5.56 Å². The molecule has 196 valence electrons. The molecule has 0 bridgehead atoms. The van der Waals surface area contributed by atoms with Crippen molar-refractivity contribution in [3.8, 4) is 6.01 Å². The molecule has 36 heavy (non-hydrogen) atoms. The Morgan fingerprint density at radius 3 is 2.36 bits per heavy atom. The zero-order chi connectivity index (χ0) is 26.7. The number of primary amides is 1. The molecule has 3 N–H and O–H groups in total. The lowest BCUT2D eigenvalue weighted by atomic mass is 9.81. The molecule has 1 aliphatic rings. The first-order valence-electron chi connectivity index (χ1n) is 11.3. The lowest BCUT2D eigenvalue weighted by molar-refractivity contribution is -0.194. The van der Waals surface area contributed by atoms with Crippen LogP contribution < -0.4 is 15.8 Å². The number of halogens is 4. The third-order valence-electron chi connectivity index (χ3n) is 6.70. The van der Waals surface area contributed by atoms with E-state index in [2.05, 4.69) is 15.3 Å². The molecule has 0 spiro atoms. The molecule has 1 aromatic carbocycles. The Labute approximate surface area is 212 Å². The van der Waals surface area contributed by atoms with Gasteiger partial charge in [-0.05, 0) is 56.6 Å². The fourth-order valence-electron chi connectivity index (χ4n) is 4.25. The first kappa shape index (κ1) is 27.7. The summed E-state index contributed by atoms with van der Waals surface area (Å²) in [6, 6.07) is 4.59. The van der Waals surface area contributed by atoms with Crippen LogP contribution in [-0.2, 0) is 11.2 Å². The lowest BCUT2D eigenvalue weighted by Gasteiger charge is -2.29. The molecule has 0 radical (unpaired) electrons. The molecule has 2 amide bonds. The average molecular weight is 528 g/mol. The highest BCUT2D eigenvalue weighted by atomic mass is 35.5. The molecule has 1 unspecified atom stereocenters. The van der Waals surface area contributed by atoms with Gasteiger partial charge in [-0.3, -0.25) is 9.59 Å². The van der Waals surface area contributed by atoms with Crippen LogP contribution in [0.3, 0.4) is 0 Å². The van der Waals surface area contributed by atoms with Crippen molar-refractivity contribution in [1.29, 1.82) is 0 Å². The second-order valence-electron chi connectivity index (χ2n) is 9.21. The molecule has 1 aromatic heterocycles. The number of alkyl halides is 3. The van der Waals surface area contributed by atoms with Crippen molar-refractivity contribution >= 4 is 23.4 Å². The minimum absolute atomic E-state index is 0.0372. The van der Waals surface area contributed by atoms with E-state index >= 15 is 0 Å². The average Bonchev–Trinajstić information content (AvgIpc) is 3.63. The number of benzene rings is 1. The summed E-state index contributed by atoms with van der Waals surface area (Å²) in [5.74, 6) is -2.21. The number of hydrogen-bond acceptors (Lipinski definition) is 6. The zero-order valence-electron chi connectivity index (χ0n) is 20.2. The highest BCUT2D eigenvalue weighted by Crippen LogP contribution is 2.66. The summed E-state index contributed by atoms with van der Waals surface area (Å²) < 4.78 is 46.8. The van der Waals surface area contributed by atoms with Gasteiger partial charge >= 0.3 is 12.2 Å². The van der Waals surface area contributed by atoms with Crippen LogP contribution in [0.4, 0.5) is 13.2 Å². The normalized spacial score (nSPS) is 16.3. The fraction of sp³-hybridized carbons (Fsp3) is 0.500. The van der Waals surface area contributed by atoms with Gasteiger partial charge in [0, 0.05) is 47.9 Å². The van der Waals surface area contributed by atoms with E-state index < -0.39 is 29.3 Å². The lowest BCUT2D eigenvalue weighted by Crippen LogP contribution is -2.42. The number of nitrogens with one attached hydrogen (secondary N) is 1. The highest BCUT2D eigenvalue weighted by Gasteiger charge is 2.67. The first-order chi connectivity index (χ1) is 16.9. The summed E-state index contributed by atoms with van der Waals surface area (Å²) in [6.07, 6.45) is -1.91. The Hall–Kier alpha value is -2.92. The van der Waals surface area contributed by atoms with Crippen molar-refractivity contribution < 1.29 is 27.5 Å². The van der Waals surface area contributed by atoms with Crippen LogP contribution in [-0.4, -0.2) is 66.7 Å². The summed E-state index contributed by atoms with van der Waals surface area (Å²) in [7, 11) is 5.00. The second kappa shape index (κ2) is 11.0. The molecular formula is C24H29ClF3N5O3. The van der Waals surface area contributed by atoms with E-state index in [1.807, 2.05) is 19.0 Å². The molecule has 2 aromatic rings. The minimum Gasteiger partial charge on any atom is -0.467 e. The van der Waals surface area contributed by atoms with Crippen LogP contribution in [0.5, 0.6) is 6.01 Å². The van der Waals surface area contributed by atoms with Crippen molar-refractivity contribution in [1.82, 2.24) is 20.2 Å². The topological polar surface area (TPSA) is 110 Å². The van der Waals surface area contributed by atoms with E-state index in [-0.39, 0.29) is 49.0 Å². The Morgan fingerprint density at radius 2 is 1.89 bits per heavy atom. The number of amides is 2. The maximum absolute atomic E-state index is 14.0. The van der Waals surface area contributed by atoms with E-state index in [1.165, 1.54) is 25.6 Å². The number of nitrogens with two attached hydrogens (primary N) is 1. The van der Waals surface area contributed by atoms with Crippen molar-refractivity contribution in [3.63, 3.8) is 0 Å². The maximum atomic E-state index is 14.0. The summed E-state index contributed by atoms with van der Waals surface area (Å²) in [5.41, 5.74) is 4.58. The van der Waals surface area contributed by atoms with E-state index in [4.69, 9.17) is 22.1 Å². The van der Waals surface area contributed by atoms with E-state index in [0.29, 0.717) is 11.4 Å². The minimum atomic E-state index is -4.46. The van der Waals surface area contributed by atoms with Crippen molar-refractivity contribution in [2.45, 2.75) is 43.8 Å². The molecule has 1 saturated carbocycles. The van der Waals surface area contributed by atoms with Gasteiger partial charge in [0.1, 0.15) is 0 Å². The van der Waals surface area contributed by atoms with Gasteiger partial charge in [-0.25, -0.2) is 9.97 Å². The molecule has 0 saturated heterocycles. The standard InChI is InChI=1S/C24H29ClF3N5O3/c1-33(2)17(8-14-4-5-15(21(29)35)9-19(14)25)13-30-20(34)10-18(23(6-7-23)24(26,27)28)16-11-31-22(36-3)32-12-16/h4-5,9,11-12,17-18H,6-8,10,13H2,1-3H3,(H2,29,35)(H,30,34)/t17-,18?/m0/s1.